The minimum atomic E-state index is -0.556. The summed E-state index contributed by atoms with van der Waals surface area (Å²) in [6.45, 7) is -0.248. The number of thioether (sulfide) groups is 6. The maximum atomic E-state index is 11.6. The van der Waals surface area contributed by atoms with E-state index in [-0.39, 0.29) is 32.4 Å². The van der Waals surface area contributed by atoms with E-state index in [1.165, 1.54) is 83.4 Å². The van der Waals surface area contributed by atoms with E-state index in [1.54, 1.807) is 0 Å². The fourth-order valence-electron chi connectivity index (χ4n) is 1.39. The Kier molecular flexibility index (Phi) is 31.1. The average molecular weight is 645 g/mol. The van der Waals surface area contributed by atoms with Crippen LogP contribution < -0.4 is 10.6 Å². The number of aliphatic hydroxyl groups is 2. The number of hydrogen-bond donors (Lipinski definition) is 4. The SMILES string of the molecule is O=C(NCSCSC/N=C/OOCSCSCOC(=O)NCSCSC/N=C\OOCCO)OCCO. The second-order valence-electron chi connectivity index (χ2n) is 5.44. The maximum Gasteiger partial charge on any atom is 0.408 e. The molecule has 0 aliphatic carbocycles. The van der Waals surface area contributed by atoms with Crippen molar-refractivity contribution < 1.29 is 48.8 Å². The summed E-state index contributed by atoms with van der Waals surface area (Å²) in [5, 5.41) is 24.3. The number of carbonyl (C=O) groups is 2. The zero-order valence-electron chi connectivity index (χ0n) is 19.9. The second-order valence-corrected chi connectivity index (χ2v) is 12.3. The highest BCUT2D eigenvalue weighted by atomic mass is 32.2. The predicted molar refractivity (Wildman–Crippen MR) is 154 cm³/mol. The Hall–Kier alpha value is -0.580. The van der Waals surface area contributed by atoms with Gasteiger partial charge in [0, 0.05) is 15.3 Å². The highest BCUT2D eigenvalue weighted by Gasteiger charge is 2.01. The van der Waals surface area contributed by atoms with E-state index in [0.29, 0.717) is 34.5 Å². The Labute approximate surface area is 241 Å². The van der Waals surface area contributed by atoms with Crippen molar-refractivity contribution in [3.63, 3.8) is 0 Å². The molecule has 0 aromatic rings. The molecule has 0 spiro atoms. The number of amides is 2. The van der Waals surface area contributed by atoms with Crippen LogP contribution in [0.5, 0.6) is 0 Å². The van der Waals surface area contributed by atoms with Crippen molar-refractivity contribution in [1.29, 1.82) is 0 Å². The summed E-state index contributed by atoms with van der Waals surface area (Å²) in [5.74, 6) is 2.33. The van der Waals surface area contributed by atoms with E-state index in [1.807, 2.05) is 0 Å². The minimum absolute atomic E-state index is 0.0200. The third kappa shape index (κ3) is 31.5. The van der Waals surface area contributed by atoms with Crippen molar-refractivity contribution in [2.45, 2.75) is 0 Å². The molecule has 216 valence electrons. The summed E-state index contributed by atoms with van der Waals surface area (Å²) in [5.41, 5.74) is 0. The molecule has 0 atom stereocenters. The van der Waals surface area contributed by atoms with Crippen LogP contribution in [-0.4, -0.2) is 112 Å². The lowest BCUT2D eigenvalue weighted by molar-refractivity contribution is -0.221. The number of ether oxygens (including phenoxy) is 2. The van der Waals surface area contributed by atoms with Gasteiger partial charge in [-0.1, -0.05) is 0 Å². The topological polar surface area (TPSA) is 179 Å². The average Bonchev–Trinajstić information content (AvgIpc) is 2.90. The normalized spacial score (nSPS) is 11.1. The van der Waals surface area contributed by atoms with E-state index in [4.69, 9.17) is 24.7 Å². The number of alkyl carbamates (subject to hydrolysis) is 2. The van der Waals surface area contributed by atoms with Crippen LogP contribution in [0, 0.1) is 0 Å². The van der Waals surface area contributed by atoms with Gasteiger partial charge < -0.3 is 40.1 Å². The molecule has 37 heavy (non-hydrogen) atoms. The Morgan fingerprint density at radius 2 is 1.22 bits per heavy atom. The molecule has 0 aromatic heterocycles. The van der Waals surface area contributed by atoms with Gasteiger partial charge in [0.1, 0.15) is 25.1 Å². The van der Waals surface area contributed by atoms with Crippen LogP contribution in [0.25, 0.3) is 0 Å². The van der Waals surface area contributed by atoms with Gasteiger partial charge in [-0.3, -0.25) is 0 Å². The number of rotatable bonds is 26. The van der Waals surface area contributed by atoms with Crippen molar-refractivity contribution in [2.24, 2.45) is 9.98 Å². The molecule has 0 radical (unpaired) electrons. The first-order valence-electron chi connectivity index (χ1n) is 10.2. The van der Waals surface area contributed by atoms with Gasteiger partial charge in [0.25, 0.3) is 0 Å². The van der Waals surface area contributed by atoms with Gasteiger partial charge in [-0.25, -0.2) is 19.6 Å². The fraction of sp³-hybridized carbons (Fsp3) is 0.765. The smallest absolute Gasteiger partial charge is 0.408 e. The highest BCUT2D eigenvalue weighted by Crippen LogP contribution is 2.13. The van der Waals surface area contributed by atoms with E-state index >= 15 is 0 Å². The molecule has 20 heteroatoms. The van der Waals surface area contributed by atoms with Crippen LogP contribution in [0.4, 0.5) is 9.59 Å². The molecule has 2 amide bonds. The quantitative estimate of drug-likeness (QED) is 0.0269. The van der Waals surface area contributed by atoms with Crippen LogP contribution in [-0.2, 0) is 29.0 Å². The van der Waals surface area contributed by atoms with Crippen molar-refractivity contribution in [3.8, 4) is 0 Å². The van der Waals surface area contributed by atoms with Gasteiger partial charge in [-0.05, 0) is 0 Å². The Bertz CT molecular complexity index is 601. The molecule has 0 saturated carbocycles. The fourth-order valence-corrected chi connectivity index (χ4v) is 5.70. The summed E-state index contributed by atoms with van der Waals surface area (Å²) in [4.78, 5) is 49.5. The van der Waals surface area contributed by atoms with E-state index < -0.39 is 12.2 Å². The van der Waals surface area contributed by atoms with Crippen molar-refractivity contribution in [1.82, 2.24) is 10.6 Å². The molecule has 0 aromatic carbocycles. The molecule has 0 unspecified atom stereocenters. The van der Waals surface area contributed by atoms with Gasteiger partial charge in [0.2, 0.25) is 12.8 Å². The molecule has 0 bridgehead atoms. The number of nitrogens with zero attached hydrogens (tertiary/aromatic N) is 2. The van der Waals surface area contributed by atoms with Crippen molar-refractivity contribution in [3.05, 3.63) is 0 Å². The first-order chi connectivity index (χ1) is 18.2. The number of nitrogens with one attached hydrogen (secondary N) is 2. The standard InChI is InChI=1S/C17H32N4O10S6/c22-1-3-26-16(24)20-9-34-13-33-8-19-6-30-31-12-37-15-36-11-27-17(25)21-10-35-14-32-7-18-5-29-28-4-2-23/h5-6,22-23H,1-4,7-15H2,(H,20,24)(H,21,25)/b18-5-,19-6+. The van der Waals surface area contributed by atoms with E-state index in [0.717, 1.165) is 10.2 Å². The Morgan fingerprint density at radius 3 is 1.84 bits per heavy atom. The summed E-state index contributed by atoms with van der Waals surface area (Å²) in [6, 6.07) is 0. The van der Waals surface area contributed by atoms with Gasteiger partial charge in [-0.2, -0.15) is 9.78 Å². The minimum Gasteiger partial charge on any atom is -0.447 e. The predicted octanol–water partition coefficient (Wildman–Crippen LogP) is 2.39. The van der Waals surface area contributed by atoms with Gasteiger partial charge in [0.15, 0.2) is 0 Å². The number of aliphatic imine (C=N–C) groups is 2. The van der Waals surface area contributed by atoms with E-state index in [2.05, 4.69) is 35.1 Å². The lowest BCUT2D eigenvalue weighted by Crippen LogP contribution is -2.24. The van der Waals surface area contributed by atoms with Crippen LogP contribution in [0.1, 0.15) is 0 Å². The first kappa shape index (κ1) is 36.4. The van der Waals surface area contributed by atoms with Gasteiger partial charge in [0.05, 0.1) is 36.7 Å². The summed E-state index contributed by atoms with van der Waals surface area (Å²) < 4.78 is 9.69. The molecular weight excluding hydrogens is 613 g/mol. The summed E-state index contributed by atoms with van der Waals surface area (Å²) in [6.07, 6.45) is 1.35. The van der Waals surface area contributed by atoms with Crippen LogP contribution in [0.15, 0.2) is 9.98 Å². The second kappa shape index (κ2) is 31.6. The molecule has 14 nitrogen and oxygen atoms in total. The number of carbonyl (C=O) groups excluding carboxylic acids is 2. The molecule has 0 rings (SSSR count). The third-order valence-corrected chi connectivity index (χ3v) is 8.65. The van der Waals surface area contributed by atoms with Crippen LogP contribution in [0.2, 0.25) is 0 Å². The van der Waals surface area contributed by atoms with Crippen LogP contribution >= 0.6 is 70.6 Å². The van der Waals surface area contributed by atoms with Crippen molar-refractivity contribution in [2.75, 3.05) is 77.1 Å². The number of aliphatic hydroxyl groups excluding tert-OH is 2. The first-order valence-corrected chi connectivity index (χ1v) is 17.2. The molecule has 0 aliphatic heterocycles. The maximum absolute atomic E-state index is 11.6. The van der Waals surface area contributed by atoms with Gasteiger partial charge >= 0.3 is 12.2 Å². The highest BCUT2D eigenvalue weighted by molar-refractivity contribution is 8.16. The van der Waals surface area contributed by atoms with E-state index in [9.17, 15) is 9.59 Å². The monoisotopic (exact) mass is 644 g/mol. The molecule has 4 N–H and O–H groups in total. The van der Waals surface area contributed by atoms with Crippen molar-refractivity contribution >= 4 is 95.6 Å². The molecule has 0 fully saturated rings. The Balaban J connectivity index is 3.27. The Morgan fingerprint density at radius 1 is 0.676 bits per heavy atom. The number of hydrogen-bond acceptors (Lipinski definition) is 18. The lowest BCUT2D eigenvalue weighted by Gasteiger charge is -2.06. The lowest BCUT2D eigenvalue weighted by atomic mass is 10.8. The summed E-state index contributed by atoms with van der Waals surface area (Å²) >= 11 is 8.96. The molecule has 0 saturated heterocycles. The molecule has 0 aliphatic rings. The summed E-state index contributed by atoms with van der Waals surface area (Å²) in [7, 11) is 0. The third-order valence-electron chi connectivity index (χ3n) is 2.74. The molecular formula is C17H32N4O10S6. The largest absolute Gasteiger partial charge is 0.447 e. The van der Waals surface area contributed by atoms with Crippen LogP contribution in [0.3, 0.4) is 0 Å². The zero-order chi connectivity index (χ0) is 27.1. The zero-order valence-corrected chi connectivity index (χ0v) is 24.8. The van der Waals surface area contributed by atoms with Gasteiger partial charge in [-0.15, -0.1) is 70.6 Å². The molecule has 0 heterocycles.